The van der Waals surface area contributed by atoms with Crippen molar-refractivity contribution in [3.05, 3.63) is 41.6 Å². The number of anilines is 1. The summed E-state index contributed by atoms with van der Waals surface area (Å²) in [6.07, 6.45) is 1.69. The standard InChI is InChI=1S/C12H14N4/c1-8-3-4-10(7-9(8)2)11-5-6-14-12(15-11)16-13/h3-7H,13H2,1-2H3,(H,14,15,16). The van der Waals surface area contributed by atoms with Crippen LogP contribution in [0.5, 0.6) is 0 Å². The summed E-state index contributed by atoms with van der Waals surface area (Å²) in [6, 6.07) is 8.11. The highest BCUT2D eigenvalue weighted by Gasteiger charge is 2.02. The molecular weight excluding hydrogens is 200 g/mol. The Balaban J connectivity index is 2.46. The average Bonchev–Trinajstić information content (AvgIpc) is 2.33. The fourth-order valence-electron chi connectivity index (χ4n) is 1.49. The quantitative estimate of drug-likeness (QED) is 0.593. The van der Waals surface area contributed by atoms with Crippen LogP contribution < -0.4 is 11.3 Å². The number of nitrogens with two attached hydrogens (primary N) is 1. The normalized spacial score (nSPS) is 10.2. The molecule has 0 atom stereocenters. The number of nitrogens with zero attached hydrogens (tertiary/aromatic N) is 2. The van der Waals surface area contributed by atoms with E-state index in [1.165, 1.54) is 11.1 Å². The van der Waals surface area contributed by atoms with Crippen molar-refractivity contribution in [3.63, 3.8) is 0 Å². The van der Waals surface area contributed by atoms with E-state index in [-0.39, 0.29) is 0 Å². The summed E-state index contributed by atoms with van der Waals surface area (Å²) in [6.45, 7) is 4.17. The highest BCUT2D eigenvalue weighted by Crippen LogP contribution is 2.20. The van der Waals surface area contributed by atoms with Crippen molar-refractivity contribution in [2.24, 2.45) is 5.84 Å². The van der Waals surface area contributed by atoms with Gasteiger partial charge in [0, 0.05) is 11.8 Å². The molecule has 0 aliphatic carbocycles. The Bertz CT molecular complexity index is 508. The molecule has 0 amide bonds. The minimum Gasteiger partial charge on any atom is -0.292 e. The van der Waals surface area contributed by atoms with Crippen LogP contribution in [-0.4, -0.2) is 9.97 Å². The van der Waals surface area contributed by atoms with E-state index >= 15 is 0 Å². The van der Waals surface area contributed by atoms with Gasteiger partial charge in [-0.15, -0.1) is 0 Å². The Morgan fingerprint density at radius 3 is 2.62 bits per heavy atom. The summed E-state index contributed by atoms with van der Waals surface area (Å²) < 4.78 is 0. The van der Waals surface area contributed by atoms with Gasteiger partial charge in [-0.3, -0.25) is 5.43 Å². The maximum atomic E-state index is 5.28. The van der Waals surface area contributed by atoms with E-state index in [0.717, 1.165) is 11.3 Å². The second-order valence-corrected chi connectivity index (χ2v) is 3.71. The van der Waals surface area contributed by atoms with Crippen LogP contribution in [-0.2, 0) is 0 Å². The van der Waals surface area contributed by atoms with E-state index in [4.69, 9.17) is 5.84 Å². The van der Waals surface area contributed by atoms with Crippen LogP contribution >= 0.6 is 0 Å². The third-order valence-corrected chi connectivity index (χ3v) is 2.59. The number of aromatic nitrogens is 2. The zero-order valence-corrected chi connectivity index (χ0v) is 9.36. The average molecular weight is 214 g/mol. The van der Waals surface area contributed by atoms with Crippen LogP contribution in [0.1, 0.15) is 11.1 Å². The van der Waals surface area contributed by atoms with Gasteiger partial charge in [-0.05, 0) is 37.1 Å². The molecule has 1 heterocycles. The molecule has 82 valence electrons. The molecule has 0 aliphatic heterocycles. The van der Waals surface area contributed by atoms with Crippen LogP contribution in [0.2, 0.25) is 0 Å². The highest BCUT2D eigenvalue weighted by molar-refractivity contribution is 5.61. The molecule has 0 spiro atoms. The molecule has 3 N–H and O–H groups in total. The fraction of sp³-hybridized carbons (Fsp3) is 0.167. The maximum absolute atomic E-state index is 5.28. The zero-order chi connectivity index (χ0) is 11.5. The van der Waals surface area contributed by atoms with Crippen molar-refractivity contribution < 1.29 is 0 Å². The molecular formula is C12H14N4. The number of hydrogen-bond donors (Lipinski definition) is 2. The second-order valence-electron chi connectivity index (χ2n) is 3.71. The highest BCUT2D eigenvalue weighted by atomic mass is 15.3. The number of nitrogen functional groups attached to an aromatic ring is 1. The summed E-state index contributed by atoms with van der Waals surface area (Å²) >= 11 is 0. The van der Waals surface area contributed by atoms with E-state index in [1.54, 1.807) is 6.20 Å². The second kappa shape index (κ2) is 4.28. The molecule has 0 unspecified atom stereocenters. The van der Waals surface area contributed by atoms with Crippen molar-refractivity contribution >= 4 is 5.95 Å². The van der Waals surface area contributed by atoms with Gasteiger partial charge in [-0.25, -0.2) is 15.8 Å². The SMILES string of the molecule is Cc1ccc(-c2ccnc(NN)n2)cc1C. The molecule has 0 bridgehead atoms. The third-order valence-electron chi connectivity index (χ3n) is 2.59. The predicted octanol–water partition coefficient (Wildman–Crippen LogP) is 2.05. The van der Waals surface area contributed by atoms with Crippen molar-refractivity contribution in [2.45, 2.75) is 13.8 Å². The number of hydrogen-bond acceptors (Lipinski definition) is 4. The minimum absolute atomic E-state index is 0.427. The summed E-state index contributed by atoms with van der Waals surface area (Å²) in [4.78, 5) is 8.26. The van der Waals surface area contributed by atoms with Crippen molar-refractivity contribution in [3.8, 4) is 11.3 Å². The van der Waals surface area contributed by atoms with Crippen molar-refractivity contribution in [1.82, 2.24) is 9.97 Å². The summed E-state index contributed by atoms with van der Waals surface area (Å²) in [7, 11) is 0. The zero-order valence-electron chi connectivity index (χ0n) is 9.36. The smallest absolute Gasteiger partial charge is 0.237 e. The van der Waals surface area contributed by atoms with Crippen molar-refractivity contribution in [2.75, 3.05) is 5.43 Å². The number of hydrazine groups is 1. The van der Waals surface area contributed by atoms with Crippen LogP contribution in [0.25, 0.3) is 11.3 Å². The first-order chi connectivity index (χ1) is 7.70. The summed E-state index contributed by atoms with van der Waals surface area (Å²) in [5.41, 5.74) is 6.90. The molecule has 4 heteroatoms. The van der Waals surface area contributed by atoms with Gasteiger partial charge < -0.3 is 0 Å². The van der Waals surface area contributed by atoms with Crippen LogP contribution in [0, 0.1) is 13.8 Å². The van der Waals surface area contributed by atoms with Gasteiger partial charge >= 0.3 is 0 Å². The Hall–Kier alpha value is -1.94. The van der Waals surface area contributed by atoms with Gasteiger partial charge in [0.15, 0.2) is 0 Å². The first-order valence-corrected chi connectivity index (χ1v) is 5.08. The first-order valence-electron chi connectivity index (χ1n) is 5.08. The minimum atomic E-state index is 0.427. The largest absolute Gasteiger partial charge is 0.292 e. The lowest BCUT2D eigenvalue weighted by Gasteiger charge is -2.05. The van der Waals surface area contributed by atoms with E-state index in [2.05, 4.69) is 41.4 Å². The molecule has 4 nitrogen and oxygen atoms in total. The monoisotopic (exact) mass is 214 g/mol. The Kier molecular flexibility index (Phi) is 2.83. The van der Waals surface area contributed by atoms with Gasteiger partial charge in [-0.1, -0.05) is 12.1 Å². The lowest BCUT2D eigenvalue weighted by atomic mass is 10.0. The molecule has 0 fully saturated rings. The molecule has 16 heavy (non-hydrogen) atoms. The lowest BCUT2D eigenvalue weighted by Crippen LogP contribution is -2.10. The van der Waals surface area contributed by atoms with Gasteiger partial charge in [0.2, 0.25) is 5.95 Å². The van der Waals surface area contributed by atoms with Gasteiger partial charge in [0.05, 0.1) is 5.69 Å². The first kappa shape index (κ1) is 10.6. The molecule has 2 aromatic rings. The molecule has 0 aliphatic rings. The summed E-state index contributed by atoms with van der Waals surface area (Å²) in [5, 5.41) is 0. The van der Waals surface area contributed by atoms with E-state index < -0.39 is 0 Å². The number of rotatable bonds is 2. The van der Waals surface area contributed by atoms with E-state index in [9.17, 15) is 0 Å². The van der Waals surface area contributed by atoms with Crippen molar-refractivity contribution in [1.29, 1.82) is 0 Å². The van der Waals surface area contributed by atoms with Gasteiger partial charge in [0.1, 0.15) is 0 Å². The Labute approximate surface area is 94.5 Å². The van der Waals surface area contributed by atoms with Gasteiger partial charge in [-0.2, -0.15) is 0 Å². The number of aryl methyl sites for hydroxylation is 2. The molecule has 0 saturated carbocycles. The fourth-order valence-corrected chi connectivity index (χ4v) is 1.49. The van der Waals surface area contributed by atoms with Crippen LogP contribution in [0.15, 0.2) is 30.5 Å². The van der Waals surface area contributed by atoms with Crippen LogP contribution in [0.4, 0.5) is 5.95 Å². The van der Waals surface area contributed by atoms with Gasteiger partial charge in [0.25, 0.3) is 0 Å². The number of benzene rings is 1. The van der Waals surface area contributed by atoms with Crippen LogP contribution in [0.3, 0.4) is 0 Å². The molecule has 1 aromatic carbocycles. The summed E-state index contributed by atoms with van der Waals surface area (Å²) in [5.74, 6) is 5.70. The molecule has 2 rings (SSSR count). The molecule has 0 radical (unpaired) electrons. The lowest BCUT2D eigenvalue weighted by molar-refractivity contribution is 1.12. The maximum Gasteiger partial charge on any atom is 0.237 e. The Morgan fingerprint density at radius 2 is 1.94 bits per heavy atom. The molecule has 1 aromatic heterocycles. The Morgan fingerprint density at radius 1 is 1.12 bits per heavy atom. The van der Waals surface area contributed by atoms with E-state index in [1.807, 2.05) is 12.1 Å². The topological polar surface area (TPSA) is 63.8 Å². The molecule has 0 saturated heterocycles. The number of nitrogens with one attached hydrogen (secondary N) is 1. The third kappa shape index (κ3) is 2.01. The predicted molar refractivity (Wildman–Crippen MR) is 64.8 cm³/mol. The van der Waals surface area contributed by atoms with E-state index in [0.29, 0.717) is 5.95 Å².